The van der Waals surface area contributed by atoms with Gasteiger partial charge in [-0.2, -0.15) is 11.8 Å². The van der Waals surface area contributed by atoms with E-state index in [9.17, 15) is 4.79 Å². The van der Waals surface area contributed by atoms with Gasteiger partial charge in [-0.3, -0.25) is 4.79 Å². The highest BCUT2D eigenvalue weighted by Crippen LogP contribution is 2.12. The first kappa shape index (κ1) is 16.4. The average molecular weight is 315 g/mol. The zero-order valence-corrected chi connectivity index (χ0v) is 13.6. The van der Waals surface area contributed by atoms with E-state index >= 15 is 0 Å². The van der Waals surface area contributed by atoms with Crippen molar-refractivity contribution >= 4 is 17.7 Å². The number of benzene rings is 2. The van der Waals surface area contributed by atoms with E-state index in [1.165, 1.54) is 11.1 Å². The minimum atomic E-state index is -0.0833. The molecule has 0 spiro atoms. The van der Waals surface area contributed by atoms with Gasteiger partial charge < -0.3 is 10.1 Å². The number of hydrogen-bond donors (Lipinski definition) is 1. The van der Waals surface area contributed by atoms with Gasteiger partial charge in [0.15, 0.2) is 6.61 Å². The fourth-order valence-electron chi connectivity index (χ4n) is 1.97. The molecule has 2 rings (SSSR count). The van der Waals surface area contributed by atoms with Crippen LogP contribution in [0, 0.1) is 6.92 Å². The van der Waals surface area contributed by atoms with Gasteiger partial charge in [-0.25, -0.2) is 0 Å². The molecule has 22 heavy (non-hydrogen) atoms. The van der Waals surface area contributed by atoms with Crippen LogP contribution in [0.4, 0.5) is 0 Å². The molecule has 2 aromatic carbocycles. The van der Waals surface area contributed by atoms with Crippen molar-refractivity contribution < 1.29 is 9.53 Å². The van der Waals surface area contributed by atoms with Gasteiger partial charge in [0.05, 0.1) is 0 Å². The van der Waals surface area contributed by atoms with E-state index in [1.54, 1.807) is 0 Å². The highest BCUT2D eigenvalue weighted by molar-refractivity contribution is 7.98. The lowest BCUT2D eigenvalue weighted by molar-refractivity contribution is -0.122. The van der Waals surface area contributed by atoms with Crippen molar-refractivity contribution in [3.05, 3.63) is 65.7 Å². The third kappa shape index (κ3) is 6.22. The van der Waals surface area contributed by atoms with Crippen molar-refractivity contribution in [1.29, 1.82) is 0 Å². The van der Waals surface area contributed by atoms with E-state index in [2.05, 4.69) is 36.5 Å². The second-order valence-electron chi connectivity index (χ2n) is 4.99. The summed E-state index contributed by atoms with van der Waals surface area (Å²) < 4.78 is 5.39. The van der Waals surface area contributed by atoms with Crippen LogP contribution in [0.15, 0.2) is 54.6 Å². The van der Waals surface area contributed by atoms with Crippen LogP contribution in [-0.2, 0) is 10.5 Å². The number of hydrogen-bond acceptors (Lipinski definition) is 3. The van der Waals surface area contributed by atoms with E-state index in [0.717, 1.165) is 11.5 Å². The number of thioether (sulfide) groups is 1. The van der Waals surface area contributed by atoms with Gasteiger partial charge in [-0.1, -0.05) is 48.0 Å². The summed E-state index contributed by atoms with van der Waals surface area (Å²) in [6.07, 6.45) is 0. The molecule has 2 aromatic rings. The van der Waals surface area contributed by atoms with Crippen molar-refractivity contribution in [2.45, 2.75) is 12.7 Å². The molecule has 1 amide bonds. The summed E-state index contributed by atoms with van der Waals surface area (Å²) in [7, 11) is 0. The van der Waals surface area contributed by atoms with Gasteiger partial charge in [-0.15, -0.1) is 0 Å². The second-order valence-corrected chi connectivity index (χ2v) is 6.10. The summed E-state index contributed by atoms with van der Waals surface area (Å²) in [4.78, 5) is 11.6. The Bertz CT molecular complexity index is 587. The van der Waals surface area contributed by atoms with Crippen molar-refractivity contribution in [3.63, 3.8) is 0 Å². The maximum Gasteiger partial charge on any atom is 0.257 e. The largest absolute Gasteiger partial charge is 0.484 e. The maximum atomic E-state index is 11.6. The summed E-state index contributed by atoms with van der Waals surface area (Å²) in [5, 5.41) is 2.87. The predicted octanol–water partition coefficient (Wildman–Crippen LogP) is 3.42. The zero-order valence-electron chi connectivity index (χ0n) is 12.7. The first-order valence-corrected chi connectivity index (χ1v) is 8.47. The van der Waals surface area contributed by atoms with Crippen LogP contribution in [0.1, 0.15) is 11.1 Å². The fourth-order valence-corrected chi connectivity index (χ4v) is 2.78. The molecule has 3 nitrogen and oxygen atoms in total. The van der Waals surface area contributed by atoms with Gasteiger partial charge in [0.1, 0.15) is 5.75 Å². The summed E-state index contributed by atoms with van der Waals surface area (Å²) in [6, 6.07) is 17.9. The number of carbonyl (C=O) groups is 1. The van der Waals surface area contributed by atoms with Crippen molar-refractivity contribution in [3.8, 4) is 5.75 Å². The van der Waals surface area contributed by atoms with Crippen molar-refractivity contribution in [2.75, 3.05) is 18.9 Å². The lowest BCUT2D eigenvalue weighted by Crippen LogP contribution is -2.30. The number of para-hydroxylation sites is 1. The minimum absolute atomic E-state index is 0.0621. The molecule has 0 aliphatic rings. The Morgan fingerprint density at radius 2 is 1.95 bits per heavy atom. The maximum absolute atomic E-state index is 11.6. The number of rotatable bonds is 8. The molecule has 0 aliphatic carbocycles. The Morgan fingerprint density at radius 1 is 1.14 bits per heavy atom. The van der Waals surface area contributed by atoms with Gasteiger partial charge in [-0.05, 0) is 24.6 Å². The summed E-state index contributed by atoms with van der Waals surface area (Å²) in [6.45, 7) is 2.82. The van der Waals surface area contributed by atoms with Crippen LogP contribution < -0.4 is 10.1 Å². The quantitative estimate of drug-likeness (QED) is 0.759. The lowest BCUT2D eigenvalue weighted by atomic mass is 10.2. The number of amides is 1. The summed E-state index contributed by atoms with van der Waals surface area (Å²) in [5.74, 6) is 2.50. The first-order valence-electron chi connectivity index (χ1n) is 7.32. The highest BCUT2D eigenvalue weighted by atomic mass is 32.2. The molecule has 1 N–H and O–H groups in total. The smallest absolute Gasteiger partial charge is 0.257 e. The molecule has 0 unspecified atom stereocenters. The third-order valence-corrected chi connectivity index (χ3v) is 4.06. The van der Waals surface area contributed by atoms with E-state index in [4.69, 9.17) is 4.74 Å². The molecular weight excluding hydrogens is 294 g/mol. The number of ether oxygens (including phenoxy) is 1. The first-order chi connectivity index (χ1) is 10.7. The van der Waals surface area contributed by atoms with Gasteiger partial charge in [0.25, 0.3) is 5.91 Å². The Morgan fingerprint density at radius 3 is 2.73 bits per heavy atom. The number of carbonyl (C=O) groups excluding carboxylic acids is 1. The van der Waals surface area contributed by atoms with Crippen LogP contribution in [0.2, 0.25) is 0 Å². The second kappa shape index (κ2) is 9.15. The van der Waals surface area contributed by atoms with E-state index in [-0.39, 0.29) is 12.5 Å². The SMILES string of the molecule is Cc1cccc(CSCCNC(=O)COc2ccccc2)c1. The standard InChI is InChI=1S/C18H21NO2S/c1-15-6-5-7-16(12-15)14-22-11-10-19-18(20)13-21-17-8-3-2-4-9-17/h2-9,12H,10-11,13-14H2,1H3,(H,19,20). The molecule has 0 bridgehead atoms. The van der Waals surface area contributed by atoms with Crippen LogP contribution in [0.5, 0.6) is 5.75 Å². The molecule has 0 heterocycles. The van der Waals surface area contributed by atoms with Gasteiger partial charge in [0.2, 0.25) is 0 Å². The Labute approximate surface area is 136 Å². The van der Waals surface area contributed by atoms with Gasteiger partial charge >= 0.3 is 0 Å². The van der Waals surface area contributed by atoms with Crippen molar-refractivity contribution in [2.24, 2.45) is 0 Å². The average Bonchev–Trinajstić information content (AvgIpc) is 2.54. The molecule has 0 fully saturated rings. The monoisotopic (exact) mass is 315 g/mol. The molecular formula is C18H21NO2S. The lowest BCUT2D eigenvalue weighted by Gasteiger charge is -2.07. The van der Waals surface area contributed by atoms with Gasteiger partial charge in [0, 0.05) is 18.1 Å². The summed E-state index contributed by atoms with van der Waals surface area (Å²) in [5.41, 5.74) is 2.60. The molecule has 4 heteroatoms. The van der Waals surface area contributed by atoms with E-state index < -0.39 is 0 Å². The molecule has 0 atom stereocenters. The zero-order chi connectivity index (χ0) is 15.6. The minimum Gasteiger partial charge on any atom is -0.484 e. The molecule has 116 valence electrons. The van der Waals surface area contributed by atoms with E-state index in [1.807, 2.05) is 42.1 Å². The Hall–Kier alpha value is -1.94. The number of aryl methyl sites for hydroxylation is 1. The molecule has 0 saturated heterocycles. The van der Waals surface area contributed by atoms with E-state index in [0.29, 0.717) is 12.3 Å². The number of nitrogens with one attached hydrogen (secondary N) is 1. The predicted molar refractivity (Wildman–Crippen MR) is 92.3 cm³/mol. The molecule has 0 radical (unpaired) electrons. The molecule has 0 aromatic heterocycles. The third-order valence-electron chi connectivity index (χ3n) is 3.03. The highest BCUT2D eigenvalue weighted by Gasteiger charge is 2.02. The topological polar surface area (TPSA) is 38.3 Å². The molecule has 0 saturated carbocycles. The Balaban J connectivity index is 1.55. The fraction of sp³-hybridized carbons (Fsp3) is 0.278. The van der Waals surface area contributed by atoms with Crippen LogP contribution in [0.25, 0.3) is 0 Å². The summed E-state index contributed by atoms with van der Waals surface area (Å²) >= 11 is 1.82. The van der Waals surface area contributed by atoms with Crippen LogP contribution >= 0.6 is 11.8 Å². The van der Waals surface area contributed by atoms with Crippen molar-refractivity contribution in [1.82, 2.24) is 5.32 Å². The van der Waals surface area contributed by atoms with Crippen LogP contribution in [0.3, 0.4) is 0 Å². The molecule has 0 aliphatic heterocycles. The van der Waals surface area contributed by atoms with Crippen LogP contribution in [-0.4, -0.2) is 24.8 Å². The normalized spacial score (nSPS) is 10.2. The Kier molecular flexibility index (Phi) is 6.84.